The monoisotopic (exact) mass is 291 g/mol. The molecule has 2 aliphatic rings. The van der Waals surface area contributed by atoms with Gasteiger partial charge in [0.25, 0.3) is 5.89 Å². The number of aryl methyl sites for hydroxylation is 1. The average molecular weight is 291 g/mol. The van der Waals surface area contributed by atoms with Gasteiger partial charge in [-0.05, 0) is 43.6 Å². The van der Waals surface area contributed by atoms with Crippen molar-refractivity contribution in [3.8, 4) is 11.5 Å². The molecule has 5 nitrogen and oxygen atoms in total. The lowest BCUT2D eigenvalue weighted by Gasteiger charge is -2.08. The number of aromatic nitrogens is 2. The van der Waals surface area contributed by atoms with Crippen molar-refractivity contribution < 1.29 is 9.26 Å². The molecule has 106 valence electrons. The van der Waals surface area contributed by atoms with Crippen molar-refractivity contribution in [1.82, 2.24) is 10.1 Å². The van der Waals surface area contributed by atoms with Gasteiger partial charge in [-0.15, -0.1) is 11.3 Å². The van der Waals surface area contributed by atoms with Crippen LogP contribution in [0.2, 0.25) is 0 Å². The van der Waals surface area contributed by atoms with Crippen molar-refractivity contribution in [3.63, 3.8) is 0 Å². The summed E-state index contributed by atoms with van der Waals surface area (Å²) in [6.07, 6.45) is 5.69. The summed E-state index contributed by atoms with van der Waals surface area (Å²) in [5, 5.41) is 4.91. The zero-order valence-electron chi connectivity index (χ0n) is 11.4. The van der Waals surface area contributed by atoms with E-state index >= 15 is 0 Å². The maximum absolute atomic E-state index is 6.13. The first-order valence-corrected chi connectivity index (χ1v) is 7.86. The van der Waals surface area contributed by atoms with Crippen LogP contribution < -0.4 is 5.73 Å². The fourth-order valence-corrected chi connectivity index (χ4v) is 4.17. The molecule has 1 atom stereocenters. The molecule has 0 aliphatic heterocycles. The Bertz CT molecular complexity index is 645. The van der Waals surface area contributed by atoms with Crippen LogP contribution in [0.25, 0.3) is 11.5 Å². The Labute approximate surface area is 121 Å². The van der Waals surface area contributed by atoms with E-state index in [1.54, 1.807) is 18.4 Å². The lowest BCUT2D eigenvalue weighted by atomic mass is 10.1. The van der Waals surface area contributed by atoms with E-state index in [1.807, 2.05) is 0 Å². The van der Waals surface area contributed by atoms with E-state index in [2.05, 4.69) is 10.1 Å². The molecule has 2 heterocycles. The maximum atomic E-state index is 6.13. The number of thiophene rings is 1. The molecule has 20 heavy (non-hydrogen) atoms. The topological polar surface area (TPSA) is 74.2 Å². The van der Waals surface area contributed by atoms with Gasteiger partial charge in [0.1, 0.15) is 6.10 Å². The predicted molar refractivity (Wildman–Crippen MR) is 76.5 cm³/mol. The van der Waals surface area contributed by atoms with Crippen LogP contribution >= 0.6 is 11.3 Å². The first kappa shape index (κ1) is 12.3. The van der Waals surface area contributed by atoms with Crippen LogP contribution in [0, 0.1) is 5.92 Å². The highest BCUT2D eigenvalue weighted by Crippen LogP contribution is 2.45. The Morgan fingerprint density at radius 3 is 3.00 bits per heavy atom. The number of methoxy groups -OCH3 is 1. The van der Waals surface area contributed by atoms with Crippen LogP contribution in [-0.4, -0.2) is 17.3 Å². The van der Waals surface area contributed by atoms with Crippen LogP contribution in [0.3, 0.4) is 0 Å². The Morgan fingerprint density at radius 2 is 2.25 bits per heavy atom. The minimum atomic E-state index is -0.0413. The lowest BCUT2D eigenvalue weighted by Crippen LogP contribution is -2.05. The number of anilines is 1. The van der Waals surface area contributed by atoms with Crippen molar-refractivity contribution in [1.29, 1.82) is 0 Å². The number of hydrogen-bond donors (Lipinski definition) is 1. The molecule has 1 fully saturated rings. The molecular weight excluding hydrogens is 274 g/mol. The summed E-state index contributed by atoms with van der Waals surface area (Å²) in [7, 11) is 1.70. The van der Waals surface area contributed by atoms with E-state index in [9.17, 15) is 0 Å². The van der Waals surface area contributed by atoms with Crippen molar-refractivity contribution in [2.75, 3.05) is 12.8 Å². The van der Waals surface area contributed by atoms with Gasteiger partial charge in [-0.2, -0.15) is 4.98 Å². The molecule has 0 bridgehead atoms. The standard InChI is InChI=1S/C14H17N3O2S/c1-18-11(7-5-6-7)13-16-14(19-17-13)10-8-3-2-4-9(8)20-12(10)15/h7,11H,2-6,15H2,1H3. The molecule has 0 amide bonds. The normalized spacial score (nSPS) is 19.2. The van der Waals surface area contributed by atoms with Crippen LogP contribution in [0.5, 0.6) is 0 Å². The Kier molecular flexibility index (Phi) is 2.82. The number of nitrogen functional groups attached to an aromatic ring is 1. The maximum Gasteiger partial charge on any atom is 0.261 e. The van der Waals surface area contributed by atoms with Crippen LogP contribution in [-0.2, 0) is 17.6 Å². The van der Waals surface area contributed by atoms with E-state index in [0.717, 1.165) is 23.4 Å². The Morgan fingerprint density at radius 1 is 1.40 bits per heavy atom. The molecule has 0 radical (unpaired) electrons. The third-order valence-electron chi connectivity index (χ3n) is 4.16. The van der Waals surface area contributed by atoms with Gasteiger partial charge in [0.2, 0.25) is 5.82 Å². The molecule has 0 aromatic carbocycles. The molecule has 6 heteroatoms. The highest BCUT2D eigenvalue weighted by molar-refractivity contribution is 7.16. The smallest absolute Gasteiger partial charge is 0.261 e. The molecule has 1 unspecified atom stereocenters. The number of rotatable bonds is 4. The van der Waals surface area contributed by atoms with E-state index in [1.165, 1.54) is 29.7 Å². The largest absolute Gasteiger partial charge is 0.390 e. The van der Waals surface area contributed by atoms with E-state index in [0.29, 0.717) is 17.6 Å². The van der Waals surface area contributed by atoms with Crippen LogP contribution in [0.1, 0.15) is 41.6 Å². The quantitative estimate of drug-likeness (QED) is 0.937. The second-order valence-electron chi connectivity index (χ2n) is 5.55. The molecule has 2 aromatic rings. The third-order valence-corrected chi connectivity index (χ3v) is 5.28. The van der Waals surface area contributed by atoms with Gasteiger partial charge in [0.15, 0.2) is 0 Å². The zero-order chi connectivity index (χ0) is 13.7. The second kappa shape index (κ2) is 4.56. The second-order valence-corrected chi connectivity index (χ2v) is 6.68. The van der Waals surface area contributed by atoms with Crippen molar-refractivity contribution in [3.05, 3.63) is 16.3 Å². The summed E-state index contributed by atoms with van der Waals surface area (Å²) in [6, 6.07) is 0. The van der Waals surface area contributed by atoms with Crippen LogP contribution in [0.15, 0.2) is 4.52 Å². The number of nitrogens with zero attached hydrogens (tertiary/aromatic N) is 2. The molecule has 4 rings (SSSR count). The van der Waals surface area contributed by atoms with Crippen LogP contribution in [0.4, 0.5) is 5.00 Å². The van der Waals surface area contributed by atoms with E-state index < -0.39 is 0 Å². The van der Waals surface area contributed by atoms with Gasteiger partial charge >= 0.3 is 0 Å². The zero-order valence-corrected chi connectivity index (χ0v) is 12.2. The first-order chi connectivity index (χ1) is 9.78. The minimum Gasteiger partial charge on any atom is -0.390 e. The van der Waals surface area contributed by atoms with Crippen molar-refractivity contribution in [2.24, 2.45) is 5.92 Å². The highest BCUT2D eigenvalue weighted by atomic mass is 32.1. The first-order valence-electron chi connectivity index (χ1n) is 7.04. The predicted octanol–water partition coefficient (Wildman–Crippen LogP) is 2.97. The molecule has 0 saturated heterocycles. The van der Waals surface area contributed by atoms with E-state index in [-0.39, 0.29) is 6.10 Å². The van der Waals surface area contributed by atoms with Gasteiger partial charge in [0.05, 0.1) is 10.6 Å². The molecular formula is C14H17N3O2S. The average Bonchev–Trinajstić information content (AvgIpc) is 2.83. The summed E-state index contributed by atoms with van der Waals surface area (Å²) in [6.45, 7) is 0. The van der Waals surface area contributed by atoms with Gasteiger partial charge in [-0.25, -0.2) is 0 Å². The van der Waals surface area contributed by atoms with Crippen molar-refractivity contribution in [2.45, 2.75) is 38.2 Å². The van der Waals surface area contributed by atoms with Gasteiger partial charge in [-0.1, -0.05) is 5.16 Å². The summed E-state index contributed by atoms with van der Waals surface area (Å²) < 4.78 is 11.0. The highest BCUT2D eigenvalue weighted by Gasteiger charge is 2.36. The summed E-state index contributed by atoms with van der Waals surface area (Å²) in [4.78, 5) is 5.92. The minimum absolute atomic E-state index is 0.0413. The lowest BCUT2D eigenvalue weighted by molar-refractivity contribution is 0.0751. The molecule has 2 aromatic heterocycles. The Hall–Kier alpha value is -1.40. The third kappa shape index (κ3) is 1.86. The molecule has 2 aliphatic carbocycles. The van der Waals surface area contributed by atoms with Gasteiger partial charge in [0, 0.05) is 12.0 Å². The number of hydrogen-bond acceptors (Lipinski definition) is 6. The summed E-state index contributed by atoms with van der Waals surface area (Å²) >= 11 is 1.66. The number of nitrogens with two attached hydrogens (primary N) is 1. The molecule has 0 spiro atoms. The van der Waals surface area contributed by atoms with Crippen molar-refractivity contribution >= 4 is 16.3 Å². The fourth-order valence-electron chi connectivity index (χ4n) is 3.02. The Balaban J connectivity index is 1.71. The SMILES string of the molecule is COC(c1noc(-c2c(N)sc3c2CCC3)n1)C1CC1. The summed E-state index contributed by atoms with van der Waals surface area (Å²) in [5.74, 6) is 1.75. The molecule has 1 saturated carbocycles. The number of ether oxygens (including phenoxy) is 1. The van der Waals surface area contributed by atoms with E-state index in [4.69, 9.17) is 15.0 Å². The van der Waals surface area contributed by atoms with Gasteiger partial charge < -0.3 is 15.0 Å². The molecule has 2 N–H and O–H groups in total. The summed E-state index contributed by atoms with van der Waals surface area (Å²) in [5.41, 5.74) is 8.41. The fraction of sp³-hybridized carbons (Fsp3) is 0.571. The van der Waals surface area contributed by atoms with Gasteiger partial charge in [-0.3, -0.25) is 0 Å². The number of fused-ring (bicyclic) bond motifs is 1.